The van der Waals surface area contributed by atoms with Gasteiger partial charge in [-0.15, -0.1) is 0 Å². The van der Waals surface area contributed by atoms with Crippen LogP contribution in [0.3, 0.4) is 0 Å². The van der Waals surface area contributed by atoms with Crippen LogP contribution in [0, 0.1) is 0 Å². The molecule has 0 saturated heterocycles. The quantitative estimate of drug-likeness (QED) is 0.168. The Morgan fingerprint density at radius 3 is 1.54 bits per heavy atom. The molecule has 9 aromatic carbocycles. The average Bonchev–Trinajstić information content (AvgIpc) is 4.02. The van der Waals surface area contributed by atoms with Gasteiger partial charge in [0.05, 0.1) is 22.1 Å². The lowest BCUT2D eigenvalue weighted by atomic mass is 10.0. The van der Waals surface area contributed by atoms with Gasteiger partial charge in [0.15, 0.2) is 17.5 Å². The Morgan fingerprint density at radius 1 is 0.286 bits per heavy atom. The third kappa shape index (κ3) is 5.62. The number of rotatable bonds is 6. The first-order chi connectivity index (χ1) is 31.2. The summed E-state index contributed by atoms with van der Waals surface area (Å²) in [5.74, 6) is 1.88. The number of furan rings is 1. The van der Waals surface area contributed by atoms with Gasteiger partial charge in [-0.3, -0.25) is 0 Å². The highest BCUT2D eigenvalue weighted by atomic mass is 16.3. The van der Waals surface area contributed by atoms with Crippen molar-refractivity contribution >= 4 is 65.6 Å². The van der Waals surface area contributed by atoms with Gasteiger partial charge in [0.1, 0.15) is 11.2 Å². The maximum Gasteiger partial charge on any atom is 0.164 e. The normalized spacial score (nSPS) is 11.8. The molecule has 4 aromatic heterocycles. The fourth-order valence-electron chi connectivity index (χ4n) is 9.51. The van der Waals surface area contributed by atoms with E-state index in [1.165, 1.54) is 21.9 Å². The van der Waals surface area contributed by atoms with E-state index in [2.05, 4.69) is 161 Å². The fourth-order valence-corrected chi connectivity index (χ4v) is 9.51. The van der Waals surface area contributed by atoms with E-state index in [-0.39, 0.29) is 0 Å². The van der Waals surface area contributed by atoms with Crippen molar-refractivity contribution in [3.05, 3.63) is 212 Å². The van der Waals surface area contributed by atoms with Crippen LogP contribution >= 0.6 is 0 Å². The van der Waals surface area contributed by atoms with E-state index >= 15 is 0 Å². The molecule has 0 aliphatic heterocycles. The van der Waals surface area contributed by atoms with E-state index < -0.39 is 0 Å². The van der Waals surface area contributed by atoms with Crippen LogP contribution in [0.25, 0.3) is 122 Å². The van der Waals surface area contributed by atoms with E-state index in [4.69, 9.17) is 19.4 Å². The lowest BCUT2D eigenvalue weighted by Gasteiger charge is -2.11. The van der Waals surface area contributed by atoms with Gasteiger partial charge >= 0.3 is 0 Å². The zero-order valence-electron chi connectivity index (χ0n) is 33.9. The maximum atomic E-state index is 6.79. The Kier molecular flexibility index (Phi) is 7.80. The lowest BCUT2D eigenvalue weighted by molar-refractivity contribution is 0.669. The van der Waals surface area contributed by atoms with E-state index in [0.717, 1.165) is 82.8 Å². The number of fused-ring (bicyclic) bond motifs is 10. The molecule has 0 amide bonds. The molecule has 0 N–H and O–H groups in total. The molecule has 6 heteroatoms. The van der Waals surface area contributed by atoms with Crippen molar-refractivity contribution in [2.45, 2.75) is 0 Å². The van der Waals surface area contributed by atoms with Crippen LogP contribution in [0.15, 0.2) is 217 Å². The monoisotopic (exact) mass is 805 g/mol. The maximum absolute atomic E-state index is 6.79. The Balaban J connectivity index is 0.971. The van der Waals surface area contributed by atoms with Crippen LogP contribution < -0.4 is 0 Å². The van der Waals surface area contributed by atoms with Crippen molar-refractivity contribution < 1.29 is 4.42 Å². The van der Waals surface area contributed by atoms with Gasteiger partial charge in [-0.25, -0.2) is 15.0 Å². The molecule has 13 rings (SSSR count). The predicted molar refractivity (Wildman–Crippen MR) is 258 cm³/mol. The molecule has 0 saturated carbocycles. The smallest absolute Gasteiger partial charge is 0.164 e. The van der Waals surface area contributed by atoms with Crippen molar-refractivity contribution in [2.24, 2.45) is 0 Å². The summed E-state index contributed by atoms with van der Waals surface area (Å²) in [6.45, 7) is 0. The van der Waals surface area contributed by atoms with Crippen LogP contribution in [-0.2, 0) is 0 Å². The molecule has 0 radical (unpaired) electrons. The van der Waals surface area contributed by atoms with Crippen LogP contribution in [0.1, 0.15) is 0 Å². The number of nitrogens with zero attached hydrogens (tertiary/aromatic N) is 5. The first kappa shape index (κ1) is 35.2. The third-order valence-corrected chi connectivity index (χ3v) is 12.4. The molecule has 0 spiro atoms. The molecule has 13 aromatic rings. The van der Waals surface area contributed by atoms with Crippen LogP contribution in [-0.4, -0.2) is 24.1 Å². The summed E-state index contributed by atoms with van der Waals surface area (Å²) in [5, 5.41) is 6.94. The molecule has 6 nitrogen and oxygen atoms in total. The molecule has 0 aliphatic rings. The van der Waals surface area contributed by atoms with Gasteiger partial charge in [0, 0.05) is 66.4 Å². The summed E-state index contributed by atoms with van der Waals surface area (Å²) in [6, 6.07) is 74.4. The van der Waals surface area contributed by atoms with E-state index in [0.29, 0.717) is 17.5 Å². The lowest BCUT2D eigenvalue weighted by Crippen LogP contribution is -2.01. The zero-order chi connectivity index (χ0) is 41.4. The van der Waals surface area contributed by atoms with Crippen molar-refractivity contribution in [1.29, 1.82) is 0 Å². The topological polar surface area (TPSA) is 61.7 Å². The standard InChI is InChI=1S/C57H35N5O/c1-4-15-36(16-5-1)39-27-30-49-46(34-39)43-23-10-12-25-47(43)61(49)42-28-29-45-52(35-42)63-51-32-31-50-53(54(45)51)44-24-11-13-26-48(44)62(50)41-22-14-21-40(33-41)57-59-55(37-17-6-2-7-18-37)58-56(60-57)38-19-8-3-9-20-38/h1-35H. The molecule has 0 aliphatic carbocycles. The van der Waals surface area contributed by atoms with Gasteiger partial charge in [-0.05, 0) is 71.8 Å². The number of hydrogen-bond donors (Lipinski definition) is 0. The van der Waals surface area contributed by atoms with Gasteiger partial charge in [-0.1, -0.05) is 146 Å². The molecule has 63 heavy (non-hydrogen) atoms. The molecule has 0 fully saturated rings. The average molecular weight is 806 g/mol. The van der Waals surface area contributed by atoms with Gasteiger partial charge in [0.25, 0.3) is 0 Å². The summed E-state index contributed by atoms with van der Waals surface area (Å²) in [5.41, 5.74) is 13.5. The van der Waals surface area contributed by atoms with Crippen molar-refractivity contribution in [3.8, 4) is 56.7 Å². The number of hydrogen-bond acceptors (Lipinski definition) is 4. The fraction of sp³-hybridized carbons (Fsp3) is 0. The summed E-state index contributed by atoms with van der Waals surface area (Å²) in [7, 11) is 0. The Labute approximate surface area is 361 Å². The summed E-state index contributed by atoms with van der Waals surface area (Å²) < 4.78 is 11.5. The molecule has 0 atom stereocenters. The third-order valence-electron chi connectivity index (χ3n) is 12.4. The minimum Gasteiger partial charge on any atom is -0.456 e. The number of para-hydroxylation sites is 2. The summed E-state index contributed by atoms with van der Waals surface area (Å²) >= 11 is 0. The van der Waals surface area contributed by atoms with E-state index in [1.807, 2.05) is 60.7 Å². The summed E-state index contributed by atoms with van der Waals surface area (Å²) in [4.78, 5) is 15.0. The first-order valence-corrected chi connectivity index (χ1v) is 21.2. The Bertz CT molecular complexity index is 3850. The number of benzene rings is 9. The van der Waals surface area contributed by atoms with Gasteiger partial charge in [0.2, 0.25) is 0 Å². The summed E-state index contributed by atoms with van der Waals surface area (Å²) in [6.07, 6.45) is 0. The van der Waals surface area contributed by atoms with Crippen molar-refractivity contribution in [1.82, 2.24) is 24.1 Å². The van der Waals surface area contributed by atoms with E-state index in [9.17, 15) is 0 Å². The molecular formula is C57H35N5O. The SMILES string of the molecule is c1ccc(-c2ccc3c(c2)c2ccccc2n3-c2ccc3c(c2)oc2ccc4c(c5ccccc5n4-c4cccc(-c5nc(-c6ccccc6)nc(-c6ccccc6)n5)c4)c23)cc1. The molecule has 0 bridgehead atoms. The zero-order valence-corrected chi connectivity index (χ0v) is 33.9. The molecule has 294 valence electrons. The Morgan fingerprint density at radius 2 is 0.825 bits per heavy atom. The first-order valence-electron chi connectivity index (χ1n) is 21.2. The van der Waals surface area contributed by atoms with Gasteiger partial charge < -0.3 is 13.6 Å². The minimum atomic E-state index is 0.615. The predicted octanol–water partition coefficient (Wildman–Crippen LogP) is 14.6. The molecule has 0 unspecified atom stereocenters. The Hall–Kier alpha value is -8.61. The second-order valence-corrected chi connectivity index (χ2v) is 16.0. The van der Waals surface area contributed by atoms with Gasteiger partial charge in [-0.2, -0.15) is 0 Å². The highest BCUT2D eigenvalue weighted by Crippen LogP contribution is 2.43. The van der Waals surface area contributed by atoms with E-state index in [1.54, 1.807) is 0 Å². The van der Waals surface area contributed by atoms with Crippen LogP contribution in [0.5, 0.6) is 0 Å². The van der Waals surface area contributed by atoms with Crippen molar-refractivity contribution in [3.63, 3.8) is 0 Å². The van der Waals surface area contributed by atoms with Crippen molar-refractivity contribution in [2.75, 3.05) is 0 Å². The number of aromatic nitrogens is 5. The highest BCUT2D eigenvalue weighted by molar-refractivity contribution is 6.27. The minimum absolute atomic E-state index is 0.615. The largest absolute Gasteiger partial charge is 0.456 e. The second-order valence-electron chi connectivity index (χ2n) is 16.0. The van der Waals surface area contributed by atoms with Crippen LogP contribution in [0.2, 0.25) is 0 Å². The second kappa shape index (κ2) is 14.0. The molecule has 4 heterocycles. The molecular weight excluding hydrogens is 771 g/mol. The van der Waals surface area contributed by atoms with Crippen LogP contribution in [0.4, 0.5) is 0 Å². The highest BCUT2D eigenvalue weighted by Gasteiger charge is 2.21.